The number of amides is 1. The van der Waals surface area contributed by atoms with Crippen LogP contribution in [0.25, 0.3) is 5.52 Å². The Balaban J connectivity index is 1.48. The molecule has 4 heterocycles. The van der Waals surface area contributed by atoms with Gasteiger partial charge in [0, 0.05) is 37.9 Å². The Morgan fingerprint density at radius 3 is 3.29 bits per heavy atom. The summed E-state index contributed by atoms with van der Waals surface area (Å²) in [6, 6.07) is 3.65. The zero-order valence-electron chi connectivity index (χ0n) is 13.3. The first kappa shape index (κ1) is 14.8. The second kappa shape index (κ2) is 6.04. The SMILES string of the molecule is CN(C[C@H]1OCC[C@H]1c1ncn[nH]1)C(=O)c1ccn2cncc2c1. The van der Waals surface area contributed by atoms with E-state index in [1.54, 1.807) is 30.5 Å². The number of ether oxygens (including phenoxy) is 1. The molecule has 0 saturated carbocycles. The fraction of sp³-hybridized carbons (Fsp3) is 0.375. The molecular formula is C16H18N6O2. The number of likely N-dealkylation sites (N-methyl/N-ethyl adjacent to an activating group) is 1. The van der Waals surface area contributed by atoms with Crippen LogP contribution in [-0.4, -0.2) is 61.7 Å². The van der Waals surface area contributed by atoms with Crippen LogP contribution in [0.3, 0.4) is 0 Å². The topological polar surface area (TPSA) is 88.4 Å². The van der Waals surface area contributed by atoms with Crippen molar-refractivity contribution in [3.8, 4) is 0 Å². The molecule has 1 aliphatic heterocycles. The van der Waals surface area contributed by atoms with Gasteiger partial charge in [0.1, 0.15) is 12.2 Å². The van der Waals surface area contributed by atoms with Crippen molar-refractivity contribution in [2.24, 2.45) is 0 Å². The molecule has 0 aliphatic carbocycles. The van der Waals surface area contributed by atoms with Gasteiger partial charge in [-0.3, -0.25) is 9.89 Å². The molecule has 124 valence electrons. The molecule has 0 radical (unpaired) electrons. The lowest BCUT2D eigenvalue weighted by Crippen LogP contribution is -2.36. The molecule has 1 aliphatic rings. The van der Waals surface area contributed by atoms with Crippen molar-refractivity contribution in [2.75, 3.05) is 20.2 Å². The Bertz CT molecular complexity index is 843. The first-order valence-electron chi connectivity index (χ1n) is 7.86. The van der Waals surface area contributed by atoms with Gasteiger partial charge in [-0.1, -0.05) is 0 Å². The summed E-state index contributed by atoms with van der Waals surface area (Å²) < 4.78 is 7.68. The van der Waals surface area contributed by atoms with Crippen LogP contribution >= 0.6 is 0 Å². The van der Waals surface area contributed by atoms with Crippen LogP contribution in [-0.2, 0) is 4.74 Å². The van der Waals surface area contributed by atoms with E-state index in [0.717, 1.165) is 17.8 Å². The normalized spacial score (nSPS) is 20.5. The highest BCUT2D eigenvalue weighted by atomic mass is 16.5. The van der Waals surface area contributed by atoms with E-state index >= 15 is 0 Å². The van der Waals surface area contributed by atoms with E-state index in [-0.39, 0.29) is 17.9 Å². The van der Waals surface area contributed by atoms with Crippen LogP contribution in [0.1, 0.15) is 28.5 Å². The summed E-state index contributed by atoms with van der Waals surface area (Å²) in [6.45, 7) is 1.18. The van der Waals surface area contributed by atoms with Crippen molar-refractivity contribution in [1.29, 1.82) is 0 Å². The fourth-order valence-corrected chi connectivity index (χ4v) is 3.16. The van der Waals surface area contributed by atoms with Crippen LogP contribution in [0.4, 0.5) is 0 Å². The number of pyridine rings is 1. The van der Waals surface area contributed by atoms with Crippen LogP contribution < -0.4 is 0 Å². The third-order valence-corrected chi connectivity index (χ3v) is 4.46. The Hall–Kier alpha value is -2.74. The highest BCUT2D eigenvalue weighted by molar-refractivity contribution is 5.95. The summed E-state index contributed by atoms with van der Waals surface area (Å²) in [4.78, 5) is 22.7. The number of rotatable bonds is 4. The number of H-pyrrole nitrogens is 1. The summed E-state index contributed by atoms with van der Waals surface area (Å²) in [7, 11) is 1.79. The zero-order valence-corrected chi connectivity index (χ0v) is 13.3. The second-order valence-corrected chi connectivity index (χ2v) is 6.00. The molecule has 3 aromatic heterocycles. The van der Waals surface area contributed by atoms with E-state index in [2.05, 4.69) is 20.2 Å². The molecule has 0 aromatic carbocycles. The zero-order chi connectivity index (χ0) is 16.5. The molecule has 1 fully saturated rings. The molecule has 3 aromatic rings. The lowest BCUT2D eigenvalue weighted by Gasteiger charge is -2.24. The fourth-order valence-electron chi connectivity index (χ4n) is 3.16. The smallest absolute Gasteiger partial charge is 0.253 e. The molecule has 0 unspecified atom stereocenters. The lowest BCUT2D eigenvalue weighted by atomic mass is 10.0. The third-order valence-electron chi connectivity index (χ3n) is 4.46. The van der Waals surface area contributed by atoms with Gasteiger partial charge >= 0.3 is 0 Å². The third kappa shape index (κ3) is 2.65. The number of carbonyl (C=O) groups is 1. The predicted molar refractivity (Wildman–Crippen MR) is 85.6 cm³/mol. The number of imidazole rings is 1. The van der Waals surface area contributed by atoms with Crippen molar-refractivity contribution in [1.82, 2.24) is 29.5 Å². The van der Waals surface area contributed by atoms with Crippen LogP contribution in [0, 0.1) is 0 Å². The minimum absolute atomic E-state index is 0.0366. The first-order chi connectivity index (χ1) is 11.7. The number of hydrogen-bond donors (Lipinski definition) is 1. The van der Waals surface area contributed by atoms with E-state index in [9.17, 15) is 4.79 Å². The van der Waals surface area contributed by atoms with Crippen LogP contribution in [0.15, 0.2) is 37.2 Å². The molecule has 2 atom stereocenters. The van der Waals surface area contributed by atoms with Gasteiger partial charge in [0.15, 0.2) is 0 Å². The number of nitrogens with one attached hydrogen (secondary N) is 1. The maximum Gasteiger partial charge on any atom is 0.253 e. The minimum Gasteiger partial charge on any atom is -0.376 e. The molecule has 0 spiro atoms. The van der Waals surface area contributed by atoms with Gasteiger partial charge in [-0.25, -0.2) is 9.97 Å². The largest absolute Gasteiger partial charge is 0.376 e. The summed E-state index contributed by atoms with van der Waals surface area (Å²) in [5.41, 5.74) is 1.53. The van der Waals surface area contributed by atoms with Crippen molar-refractivity contribution < 1.29 is 9.53 Å². The Labute approximate surface area is 138 Å². The quantitative estimate of drug-likeness (QED) is 0.775. The Kier molecular flexibility index (Phi) is 3.73. The number of nitrogens with zero attached hydrogens (tertiary/aromatic N) is 5. The van der Waals surface area contributed by atoms with Crippen molar-refractivity contribution in [3.63, 3.8) is 0 Å². The average Bonchev–Trinajstić information content (AvgIpc) is 3.33. The highest BCUT2D eigenvalue weighted by Gasteiger charge is 2.33. The second-order valence-electron chi connectivity index (χ2n) is 6.00. The van der Waals surface area contributed by atoms with Gasteiger partial charge in [0.2, 0.25) is 0 Å². The van der Waals surface area contributed by atoms with Gasteiger partial charge in [0.05, 0.1) is 24.1 Å². The summed E-state index contributed by atoms with van der Waals surface area (Å²) in [5.74, 6) is 0.921. The maximum absolute atomic E-state index is 12.7. The van der Waals surface area contributed by atoms with Crippen molar-refractivity contribution in [3.05, 3.63) is 48.6 Å². The van der Waals surface area contributed by atoms with E-state index in [1.807, 2.05) is 16.7 Å². The molecule has 1 saturated heterocycles. The standard InChI is InChI=1S/C16H18N6O2/c1-21(8-14-13(3-5-24-14)15-18-9-19-20-15)16(23)11-2-4-22-10-17-7-12(22)6-11/h2,4,6-7,9-10,13-14H,3,5,8H2,1H3,(H,18,19,20)/t13-,14-/m1/s1. The summed E-state index contributed by atoms with van der Waals surface area (Å²) in [5, 5.41) is 6.81. The van der Waals surface area contributed by atoms with E-state index in [0.29, 0.717) is 18.7 Å². The number of fused-ring (bicyclic) bond motifs is 1. The first-order valence-corrected chi connectivity index (χ1v) is 7.86. The van der Waals surface area contributed by atoms with E-state index in [1.165, 1.54) is 6.33 Å². The van der Waals surface area contributed by atoms with Gasteiger partial charge in [-0.15, -0.1) is 0 Å². The van der Waals surface area contributed by atoms with Gasteiger partial charge < -0.3 is 14.0 Å². The molecule has 0 bridgehead atoms. The monoisotopic (exact) mass is 326 g/mol. The summed E-state index contributed by atoms with van der Waals surface area (Å²) in [6.07, 6.45) is 7.58. The maximum atomic E-state index is 12.7. The van der Waals surface area contributed by atoms with Crippen molar-refractivity contribution >= 4 is 11.4 Å². The highest BCUT2D eigenvalue weighted by Crippen LogP contribution is 2.29. The lowest BCUT2D eigenvalue weighted by molar-refractivity contribution is 0.0550. The number of aromatic nitrogens is 5. The number of carbonyl (C=O) groups excluding carboxylic acids is 1. The average molecular weight is 326 g/mol. The molecule has 24 heavy (non-hydrogen) atoms. The molecular weight excluding hydrogens is 308 g/mol. The molecule has 1 N–H and O–H groups in total. The predicted octanol–water partition coefficient (Wildman–Crippen LogP) is 1.10. The summed E-state index contributed by atoms with van der Waals surface area (Å²) >= 11 is 0. The number of aromatic amines is 1. The van der Waals surface area contributed by atoms with Crippen LogP contribution in [0.2, 0.25) is 0 Å². The van der Waals surface area contributed by atoms with E-state index in [4.69, 9.17) is 4.74 Å². The number of hydrogen-bond acceptors (Lipinski definition) is 5. The van der Waals surface area contributed by atoms with E-state index < -0.39 is 0 Å². The van der Waals surface area contributed by atoms with Gasteiger partial charge in [0.25, 0.3) is 5.91 Å². The minimum atomic E-state index is -0.0781. The molecule has 4 rings (SSSR count). The van der Waals surface area contributed by atoms with Gasteiger partial charge in [-0.2, -0.15) is 5.10 Å². The van der Waals surface area contributed by atoms with Gasteiger partial charge in [-0.05, 0) is 18.6 Å². The molecule has 1 amide bonds. The van der Waals surface area contributed by atoms with Crippen molar-refractivity contribution in [2.45, 2.75) is 18.4 Å². The molecule has 8 nitrogen and oxygen atoms in total. The Morgan fingerprint density at radius 2 is 2.46 bits per heavy atom. The molecule has 8 heteroatoms. The van der Waals surface area contributed by atoms with Crippen LogP contribution in [0.5, 0.6) is 0 Å². The Morgan fingerprint density at radius 1 is 1.54 bits per heavy atom.